The predicted octanol–water partition coefficient (Wildman–Crippen LogP) is 4.36. The lowest BCUT2D eigenvalue weighted by atomic mass is 9.68. The molecule has 2 atom stereocenters. The van der Waals surface area contributed by atoms with E-state index in [1.54, 1.807) is 0 Å². The lowest BCUT2D eigenvalue weighted by Crippen LogP contribution is -2.51. The summed E-state index contributed by atoms with van der Waals surface area (Å²) in [5.74, 6) is 0.592. The average Bonchev–Trinajstić information content (AvgIpc) is 2.52. The molecule has 1 nitrogen and oxygen atoms in total. The average molecular weight is 279 g/mol. The molecule has 1 fully saturated rings. The van der Waals surface area contributed by atoms with Gasteiger partial charge in [-0.15, -0.1) is 0 Å². The second-order valence-corrected chi connectivity index (χ2v) is 6.53. The zero-order valence-corrected chi connectivity index (χ0v) is 12.7. The highest BCUT2D eigenvalue weighted by Crippen LogP contribution is 2.36. The molecular formula is C20H25N. The third kappa shape index (κ3) is 3.54. The first-order valence-corrected chi connectivity index (χ1v) is 8.13. The Hall–Kier alpha value is -1.60. The first-order chi connectivity index (χ1) is 10.3. The van der Waals surface area contributed by atoms with Crippen LogP contribution in [0.2, 0.25) is 0 Å². The summed E-state index contributed by atoms with van der Waals surface area (Å²) in [6.45, 7) is 0. The molecule has 0 amide bonds. The van der Waals surface area contributed by atoms with E-state index in [1.807, 2.05) is 0 Å². The van der Waals surface area contributed by atoms with Crippen LogP contribution in [0.4, 0.5) is 0 Å². The van der Waals surface area contributed by atoms with E-state index in [0.717, 1.165) is 19.3 Å². The summed E-state index contributed by atoms with van der Waals surface area (Å²) in [5.41, 5.74) is 9.64. The minimum absolute atomic E-state index is 0.0462. The zero-order chi connectivity index (χ0) is 14.5. The smallest absolute Gasteiger partial charge is 0.0226 e. The third-order valence-corrected chi connectivity index (χ3v) is 4.96. The van der Waals surface area contributed by atoms with Crippen LogP contribution in [0.3, 0.4) is 0 Å². The molecule has 0 radical (unpaired) electrons. The number of rotatable bonds is 4. The van der Waals surface area contributed by atoms with Crippen molar-refractivity contribution in [1.29, 1.82) is 0 Å². The molecule has 1 aliphatic carbocycles. The van der Waals surface area contributed by atoms with Crippen LogP contribution in [0, 0.1) is 5.92 Å². The highest BCUT2D eigenvalue weighted by molar-refractivity contribution is 5.21. The van der Waals surface area contributed by atoms with Crippen molar-refractivity contribution in [3.8, 4) is 0 Å². The molecular weight excluding hydrogens is 254 g/mol. The van der Waals surface area contributed by atoms with Crippen molar-refractivity contribution in [2.75, 3.05) is 0 Å². The number of hydrogen-bond donors (Lipinski definition) is 1. The van der Waals surface area contributed by atoms with E-state index in [9.17, 15) is 0 Å². The summed E-state index contributed by atoms with van der Waals surface area (Å²) < 4.78 is 0. The largest absolute Gasteiger partial charge is 0.325 e. The monoisotopic (exact) mass is 279 g/mol. The molecule has 2 aromatic carbocycles. The summed E-state index contributed by atoms with van der Waals surface area (Å²) in [5, 5.41) is 0. The Kier molecular flexibility index (Phi) is 4.40. The van der Waals surface area contributed by atoms with Gasteiger partial charge in [0.25, 0.3) is 0 Å². The number of hydrogen-bond acceptors (Lipinski definition) is 1. The Morgan fingerprint density at radius 1 is 0.857 bits per heavy atom. The van der Waals surface area contributed by atoms with Crippen LogP contribution in [-0.4, -0.2) is 5.54 Å². The van der Waals surface area contributed by atoms with Gasteiger partial charge in [-0.2, -0.15) is 0 Å². The second kappa shape index (κ2) is 6.44. The maximum atomic E-state index is 6.88. The quantitative estimate of drug-likeness (QED) is 0.884. The van der Waals surface area contributed by atoms with Crippen LogP contribution in [-0.2, 0) is 12.8 Å². The van der Waals surface area contributed by atoms with Crippen molar-refractivity contribution in [2.24, 2.45) is 11.7 Å². The van der Waals surface area contributed by atoms with Gasteiger partial charge in [-0.05, 0) is 42.7 Å². The Morgan fingerprint density at radius 3 is 2.14 bits per heavy atom. The van der Waals surface area contributed by atoms with Gasteiger partial charge in [0.2, 0.25) is 0 Å². The van der Waals surface area contributed by atoms with E-state index < -0.39 is 0 Å². The van der Waals surface area contributed by atoms with Crippen molar-refractivity contribution < 1.29 is 0 Å². The van der Waals surface area contributed by atoms with Crippen LogP contribution in [0.15, 0.2) is 60.7 Å². The maximum absolute atomic E-state index is 6.88. The molecule has 21 heavy (non-hydrogen) atoms. The molecule has 0 aromatic heterocycles. The summed E-state index contributed by atoms with van der Waals surface area (Å²) in [6, 6.07) is 21.6. The molecule has 2 unspecified atom stereocenters. The van der Waals surface area contributed by atoms with Crippen LogP contribution >= 0.6 is 0 Å². The molecule has 1 saturated carbocycles. The van der Waals surface area contributed by atoms with Gasteiger partial charge in [0.05, 0.1) is 0 Å². The number of nitrogens with two attached hydrogens (primary N) is 1. The van der Waals surface area contributed by atoms with Gasteiger partial charge >= 0.3 is 0 Å². The van der Waals surface area contributed by atoms with E-state index in [2.05, 4.69) is 60.7 Å². The van der Waals surface area contributed by atoms with Gasteiger partial charge in [0, 0.05) is 5.54 Å². The molecule has 0 saturated heterocycles. The summed E-state index contributed by atoms with van der Waals surface area (Å²) in [4.78, 5) is 0. The van der Waals surface area contributed by atoms with Crippen LogP contribution in [0.25, 0.3) is 0 Å². The van der Waals surface area contributed by atoms with Crippen molar-refractivity contribution >= 4 is 0 Å². The van der Waals surface area contributed by atoms with E-state index in [4.69, 9.17) is 5.73 Å². The lowest BCUT2D eigenvalue weighted by molar-refractivity contribution is 0.186. The van der Waals surface area contributed by atoms with Crippen LogP contribution < -0.4 is 5.73 Å². The Morgan fingerprint density at radius 2 is 1.48 bits per heavy atom. The Balaban J connectivity index is 1.77. The summed E-state index contributed by atoms with van der Waals surface area (Å²) >= 11 is 0. The van der Waals surface area contributed by atoms with Crippen molar-refractivity contribution in [3.05, 3.63) is 71.8 Å². The van der Waals surface area contributed by atoms with Gasteiger partial charge in [-0.25, -0.2) is 0 Å². The van der Waals surface area contributed by atoms with Crippen molar-refractivity contribution in [1.82, 2.24) is 0 Å². The molecule has 3 rings (SSSR count). The maximum Gasteiger partial charge on any atom is 0.0226 e. The van der Waals surface area contributed by atoms with E-state index >= 15 is 0 Å². The lowest BCUT2D eigenvalue weighted by Gasteiger charge is -2.42. The van der Waals surface area contributed by atoms with Gasteiger partial charge in [0.1, 0.15) is 0 Å². The third-order valence-electron chi connectivity index (χ3n) is 4.96. The van der Waals surface area contributed by atoms with Crippen LogP contribution in [0.5, 0.6) is 0 Å². The molecule has 2 N–H and O–H groups in total. The van der Waals surface area contributed by atoms with Gasteiger partial charge in [-0.3, -0.25) is 0 Å². The Bertz CT molecular complexity index is 549. The fourth-order valence-electron chi connectivity index (χ4n) is 3.75. The van der Waals surface area contributed by atoms with Crippen molar-refractivity contribution in [3.63, 3.8) is 0 Å². The zero-order valence-electron chi connectivity index (χ0n) is 12.7. The predicted molar refractivity (Wildman–Crippen MR) is 89.2 cm³/mol. The van der Waals surface area contributed by atoms with Crippen LogP contribution in [0.1, 0.15) is 36.8 Å². The minimum Gasteiger partial charge on any atom is -0.325 e. The van der Waals surface area contributed by atoms with E-state index in [-0.39, 0.29) is 5.54 Å². The molecule has 0 spiro atoms. The number of benzene rings is 2. The fourth-order valence-corrected chi connectivity index (χ4v) is 3.75. The van der Waals surface area contributed by atoms with E-state index in [1.165, 1.54) is 30.4 Å². The highest BCUT2D eigenvalue weighted by Gasteiger charge is 2.36. The normalized spacial score (nSPS) is 25.7. The first kappa shape index (κ1) is 14.3. The molecule has 2 aromatic rings. The fraction of sp³-hybridized carbons (Fsp3) is 0.400. The van der Waals surface area contributed by atoms with Gasteiger partial charge < -0.3 is 5.73 Å². The summed E-state index contributed by atoms with van der Waals surface area (Å²) in [7, 11) is 0. The standard InChI is InChI=1S/C20H25N/c21-20(16-18-11-5-2-6-12-18)14-8-7-13-19(20)15-17-9-3-1-4-10-17/h1-6,9-12,19H,7-8,13-16,21H2. The second-order valence-electron chi connectivity index (χ2n) is 6.53. The topological polar surface area (TPSA) is 26.0 Å². The minimum atomic E-state index is -0.0462. The van der Waals surface area contributed by atoms with Gasteiger partial charge in [0.15, 0.2) is 0 Å². The molecule has 0 bridgehead atoms. The highest BCUT2D eigenvalue weighted by atomic mass is 14.8. The molecule has 0 heterocycles. The molecule has 1 heteroatoms. The van der Waals surface area contributed by atoms with Gasteiger partial charge in [-0.1, -0.05) is 73.5 Å². The SMILES string of the molecule is NC1(Cc2ccccc2)CCCCC1Cc1ccccc1. The molecule has 110 valence electrons. The first-order valence-electron chi connectivity index (χ1n) is 8.13. The summed E-state index contributed by atoms with van der Waals surface area (Å²) in [6.07, 6.45) is 7.13. The van der Waals surface area contributed by atoms with E-state index in [0.29, 0.717) is 5.92 Å². The van der Waals surface area contributed by atoms with Crippen molar-refractivity contribution in [2.45, 2.75) is 44.1 Å². The Labute approximate surface area is 128 Å². The molecule has 0 aliphatic heterocycles. The molecule has 1 aliphatic rings.